The van der Waals surface area contributed by atoms with Crippen molar-refractivity contribution in [2.24, 2.45) is 11.3 Å². The molecule has 0 spiro atoms. The number of imide groups is 1. The van der Waals surface area contributed by atoms with Crippen LogP contribution < -0.4 is 25.2 Å². The maximum atomic E-state index is 14.7. The number of nitrogens with one attached hydrogen (secondary N) is 2. The van der Waals surface area contributed by atoms with E-state index in [1.54, 1.807) is 39.5 Å². The zero-order valence-corrected chi connectivity index (χ0v) is 41.7. The third kappa shape index (κ3) is 6.82. The molecule has 17 nitrogen and oxygen atoms in total. The standard InChI is InChI=1S/C52H49ClN6O11S2/c1-50(2)37-22-51(3)38(23-52(37,51)56-29-7-4-6-28(21-29)44-42(53)43(69-24-40(61)62)45(71-44)48(65)66)59(50)72(67,68)25-26-10-14-36-33(20-26)54-49(70-36)57-18-16-27(17-19-57)30-11-12-34-41-31(30)8-5-9-32(41)47(64)58(34)35-13-15-39(60)55-46(35)63/h4-12,14,20-21,27,35,37-38,56H,13,15-19,22-25H2,1-3H3,(H,61,62)(H,65,66)(H,55,60,63). The van der Waals surface area contributed by atoms with Gasteiger partial charge in [-0.3, -0.25) is 24.6 Å². The molecule has 20 heteroatoms. The van der Waals surface area contributed by atoms with Crippen LogP contribution in [0.25, 0.3) is 32.3 Å². The monoisotopic (exact) mass is 1030 g/mol. The number of carbonyl (C=O) groups is 5. The number of halogens is 1. The van der Waals surface area contributed by atoms with Gasteiger partial charge in [-0.1, -0.05) is 54.9 Å². The first-order valence-corrected chi connectivity index (χ1v) is 26.8. The van der Waals surface area contributed by atoms with E-state index in [9.17, 15) is 37.5 Å². The first-order chi connectivity index (χ1) is 34.3. The number of hydrogen-bond acceptors (Lipinski definition) is 13. The van der Waals surface area contributed by atoms with Gasteiger partial charge in [0.1, 0.15) is 16.6 Å². The molecular weight excluding hydrogens is 984 g/mol. The number of thiophene rings is 1. The number of aliphatic carboxylic acids is 1. The smallest absolute Gasteiger partial charge is 0.349 e. The van der Waals surface area contributed by atoms with E-state index >= 15 is 0 Å². The van der Waals surface area contributed by atoms with Gasteiger partial charge in [-0.2, -0.15) is 9.29 Å². The Hall–Kier alpha value is -6.54. The Morgan fingerprint density at radius 3 is 2.50 bits per heavy atom. The summed E-state index contributed by atoms with van der Waals surface area (Å²) in [4.78, 5) is 70.5. The number of rotatable bonds is 13. The lowest BCUT2D eigenvalue weighted by atomic mass is 9.30. The minimum absolute atomic E-state index is 0.0169. The molecule has 4 bridgehead atoms. The van der Waals surface area contributed by atoms with Gasteiger partial charge in [-0.15, -0.1) is 11.3 Å². The number of carbonyl (C=O) groups excluding carboxylic acids is 3. The van der Waals surface area contributed by atoms with Crippen molar-refractivity contribution in [3.05, 3.63) is 99.4 Å². The van der Waals surface area contributed by atoms with Crippen molar-refractivity contribution in [1.82, 2.24) is 14.6 Å². The summed E-state index contributed by atoms with van der Waals surface area (Å²) in [6.07, 6.45) is 3.49. The SMILES string of the molecule is CC1(C)C2CC3(C)C(CC23Nc2cccc(-c3sc(C(=O)O)c(OCC(=O)O)c3Cl)c2)N1S(=O)(=O)Cc1ccc2oc(N3CCC(c4ccc5c6c(cccc46)C(=O)N5C4CCC(=O)NC4=O)CC3)nc2c1. The average Bonchev–Trinajstić information content (AvgIpc) is 4.00. The molecule has 2 aliphatic carbocycles. The number of sulfonamides is 1. The van der Waals surface area contributed by atoms with Crippen LogP contribution in [-0.4, -0.2) is 100 Å². The van der Waals surface area contributed by atoms with Gasteiger partial charge >= 0.3 is 11.9 Å². The number of nitrogens with zero attached hydrogens (tertiary/aromatic N) is 4. The molecule has 2 saturated carbocycles. The lowest BCUT2D eigenvalue weighted by Crippen LogP contribution is -2.93. The van der Waals surface area contributed by atoms with Crippen molar-refractivity contribution in [2.45, 2.75) is 94.1 Å². The molecule has 372 valence electrons. The van der Waals surface area contributed by atoms with E-state index in [0.29, 0.717) is 63.9 Å². The largest absolute Gasteiger partial charge is 0.479 e. The van der Waals surface area contributed by atoms with Crippen molar-refractivity contribution >= 4 is 102 Å². The van der Waals surface area contributed by atoms with Gasteiger partial charge < -0.3 is 29.6 Å². The van der Waals surface area contributed by atoms with E-state index in [1.807, 2.05) is 50.2 Å². The second kappa shape index (κ2) is 16.2. The van der Waals surface area contributed by atoms with Crippen LogP contribution in [0.1, 0.15) is 96.4 Å². The molecule has 5 atom stereocenters. The molecule has 2 aromatic heterocycles. The second-order valence-corrected chi connectivity index (χ2v) is 24.0. The highest BCUT2D eigenvalue weighted by Crippen LogP contribution is 2.77. The van der Waals surface area contributed by atoms with Crippen molar-refractivity contribution < 1.29 is 51.8 Å². The van der Waals surface area contributed by atoms with Crippen LogP contribution in [0.4, 0.5) is 17.4 Å². The summed E-state index contributed by atoms with van der Waals surface area (Å²) in [6.45, 7) is 6.74. The van der Waals surface area contributed by atoms with E-state index < -0.39 is 51.6 Å². The Bertz CT molecular complexity index is 3490. The normalized spacial score (nSPS) is 25.6. The molecule has 5 aliphatic heterocycles. The molecule has 4 aromatic carbocycles. The van der Waals surface area contributed by atoms with E-state index in [2.05, 4.69) is 28.5 Å². The number of benzene rings is 4. The van der Waals surface area contributed by atoms with E-state index in [-0.39, 0.29) is 69.4 Å². The summed E-state index contributed by atoms with van der Waals surface area (Å²) in [5, 5.41) is 27.0. The van der Waals surface area contributed by atoms with Crippen molar-refractivity contribution in [1.29, 1.82) is 0 Å². The molecule has 0 radical (unpaired) electrons. The lowest BCUT2D eigenvalue weighted by Gasteiger charge is -2.84. The molecule has 4 saturated heterocycles. The molecular formula is C52H49ClN6O11S2. The average molecular weight is 1030 g/mol. The Morgan fingerprint density at radius 2 is 1.76 bits per heavy atom. The number of piperidine rings is 5. The topological polar surface area (TPSA) is 229 Å². The molecule has 7 aliphatic rings. The number of amides is 3. The van der Waals surface area contributed by atoms with E-state index in [0.717, 1.165) is 52.6 Å². The molecule has 72 heavy (non-hydrogen) atoms. The summed E-state index contributed by atoms with van der Waals surface area (Å²) in [5.41, 5.74) is 4.04. The summed E-state index contributed by atoms with van der Waals surface area (Å²) >= 11 is 7.53. The maximum Gasteiger partial charge on any atom is 0.349 e. The highest BCUT2D eigenvalue weighted by atomic mass is 35.5. The van der Waals surface area contributed by atoms with Gasteiger partial charge in [0.25, 0.3) is 11.9 Å². The van der Waals surface area contributed by atoms with Crippen LogP contribution in [0.15, 0.2) is 77.2 Å². The lowest BCUT2D eigenvalue weighted by molar-refractivity contribution is -0.279. The first-order valence-electron chi connectivity index (χ1n) is 24.0. The van der Waals surface area contributed by atoms with Crippen LogP contribution in [0.2, 0.25) is 5.02 Å². The Balaban J connectivity index is 0.725. The number of oxazole rings is 1. The number of ether oxygens (including phenoxy) is 1. The van der Waals surface area contributed by atoms with Crippen LogP contribution in [0.3, 0.4) is 0 Å². The van der Waals surface area contributed by atoms with E-state index in [1.165, 1.54) is 0 Å². The fourth-order valence-corrected chi connectivity index (χ4v) is 17.0. The van der Waals surface area contributed by atoms with Gasteiger partial charge in [0.15, 0.2) is 22.8 Å². The fourth-order valence-electron chi connectivity index (χ4n) is 13.3. The number of fused-ring (bicyclic) bond motifs is 2. The molecule has 6 fully saturated rings. The Morgan fingerprint density at radius 1 is 0.986 bits per heavy atom. The Labute approximate surface area is 422 Å². The first kappa shape index (κ1) is 46.5. The van der Waals surface area contributed by atoms with Crippen LogP contribution in [0, 0.1) is 11.3 Å². The summed E-state index contributed by atoms with van der Waals surface area (Å²) in [6, 6.07) is 22.0. The van der Waals surface area contributed by atoms with Gasteiger partial charge in [0.2, 0.25) is 21.8 Å². The number of hydrogen-bond donors (Lipinski definition) is 4. The minimum Gasteiger partial charge on any atom is -0.479 e. The molecule has 6 aromatic rings. The predicted molar refractivity (Wildman–Crippen MR) is 269 cm³/mol. The molecule has 3 amide bonds. The third-order valence-corrected chi connectivity index (χ3v) is 20.3. The third-order valence-electron chi connectivity index (χ3n) is 16.6. The van der Waals surface area contributed by atoms with Gasteiger partial charge in [0.05, 0.1) is 21.9 Å². The van der Waals surface area contributed by atoms with Crippen LogP contribution >= 0.6 is 22.9 Å². The predicted octanol–water partition coefficient (Wildman–Crippen LogP) is 8.25. The highest BCUT2D eigenvalue weighted by Gasteiger charge is 2.84. The minimum atomic E-state index is -3.84. The number of aromatic nitrogens is 1. The van der Waals surface area contributed by atoms with Gasteiger partial charge in [-0.05, 0) is 110 Å². The molecule has 5 unspecified atom stereocenters. The van der Waals surface area contributed by atoms with Gasteiger partial charge in [-0.25, -0.2) is 18.0 Å². The molecule has 13 rings (SSSR count). The molecule has 7 heterocycles. The van der Waals surface area contributed by atoms with Crippen molar-refractivity contribution in [3.8, 4) is 16.2 Å². The second-order valence-electron chi connectivity index (χ2n) is 20.8. The number of anilines is 3. The summed E-state index contributed by atoms with van der Waals surface area (Å²) in [7, 11) is -3.84. The quantitative estimate of drug-likeness (QED) is 0.0799. The van der Waals surface area contributed by atoms with Crippen molar-refractivity contribution in [2.75, 3.05) is 34.8 Å². The summed E-state index contributed by atoms with van der Waals surface area (Å²) < 4.78 is 42.7. The van der Waals surface area contributed by atoms with E-state index in [4.69, 9.17) is 30.8 Å². The number of aromatic carboxylic acids is 1. The maximum absolute atomic E-state index is 14.7. The van der Waals surface area contributed by atoms with Crippen LogP contribution in [-0.2, 0) is 30.2 Å². The fraction of sp³-hybridized carbons (Fsp3) is 0.385. The Kier molecular flexibility index (Phi) is 10.5. The molecule has 4 N–H and O–H groups in total. The number of carboxylic acid groups (broad SMARTS) is 2. The van der Waals surface area contributed by atoms with Crippen molar-refractivity contribution in [3.63, 3.8) is 0 Å². The van der Waals surface area contributed by atoms with Crippen LogP contribution in [0.5, 0.6) is 5.75 Å². The highest BCUT2D eigenvalue weighted by molar-refractivity contribution is 7.88. The number of carboxylic acids is 2. The zero-order valence-electron chi connectivity index (χ0n) is 39.4. The zero-order chi connectivity index (χ0) is 50.4. The summed E-state index contributed by atoms with van der Waals surface area (Å²) in [5.74, 6) is -3.80. The van der Waals surface area contributed by atoms with Gasteiger partial charge in [0, 0.05) is 59.1 Å².